The molecule has 2 atom stereocenters. The molecule has 0 amide bonds. The lowest BCUT2D eigenvalue weighted by Gasteiger charge is -2.25. The molecule has 0 aliphatic carbocycles. The molecule has 0 bridgehead atoms. The van der Waals surface area contributed by atoms with E-state index < -0.39 is 0 Å². The maximum atomic E-state index is 3.65. The zero-order chi connectivity index (χ0) is 12.1. The largest absolute Gasteiger partial charge is 0.316 e. The Bertz CT molecular complexity index is 325. The lowest BCUT2D eigenvalue weighted by molar-refractivity contribution is 0.348. The van der Waals surface area contributed by atoms with Crippen LogP contribution in [-0.4, -0.2) is 19.6 Å². The van der Waals surface area contributed by atoms with Crippen molar-refractivity contribution in [3.63, 3.8) is 0 Å². The summed E-state index contributed by atoms with van der Waals surface area (Å²) in [7, 11) is 0. The van der Waals surface area contributed by atoms with Crippen LogP contribution in [0.15, 0.2) is 24.3 Å². The Balaban J connectivity index is 1.80. The number of rotatable bonds is 4. The fourth-order valence-electron chi connectivity index (χ4n) is 2.41. The number of hydrogen-bond acceptors (Lipinski definition) is 2. The minimum atomic E-state index is 0.456. The van der Waals surface area contributed by atoms with Gasteiger partial charge >= 0.3 is 0 Å². The van der Waals surface area contributed by atoms with Crippen molar-refractivity contribution in [3.05, 3.63) is 35.4 Å². The van der Waals surface area contributed by atoms with Gasteiger partial charge in [-0.2, -0.15) is 0 Å². The smallest absolute Gasteiger partial charge is 0.0291 e. The number of aryl methyl sites for hydroxylation is 1. The van der Waals surface area contributed by atoms with Gasteiger partial charge in [0.2, 0.25) is 0 Å². The first-order valence-electron chi connectivity index (χ1n) is 6.76. The highest BCUT2D eigenvalue weighted by atomic mass is 14.9. The van der Waals surface area contributed by atoms with E-state index in [0.717, 1.165) is 12.5 Å². The maximum Gasteiger partial charge on any atom is 0.0291 e. The fraction of sp³-hybridized carbons (Fsp3) is 0.600. The topological polar surface area (TPSA) is 24.1 Å². The highest BCUT2D eigenvalue weighted by Crippen LogP contribution is 2.15. The van der Waals surface area contributed by atoms with E-state index in [4.69, 9.17) is 0 Å². The maximum absolute atomic E-state index is 3.65. The molecule has 1 fully saturated rings. The van der Waals surface area contributed by atoms with Crippen LogP contribution in [-0.2, 0) is 0 Å². The lowest BCUT2D eigenvalue weighted by Crippen LogP contribution is -2.36. The summed E-state index contributed by atoms with van der Waals surface area (Å²) in [4.78, 5) is 0. The Hall–Kier alpha value is -0.860. The van der Waals surface area contributed by atoms with Gasteiger partial charge in [0.25, 0.3) is 0 Å². The molecule has 1 aliphatic rings. The van der Waals surface area contributed by atoms with E-state index in [1.165, 1.54) is 37.1 Å². The summed E-state index contributed by atoms with van der Waals surface area (Å²) < 4.78 is 0. The second kappa shape index (κ2) is 6.18. The predicted molar refractivity (Wildman–Crippen MR) is 73.2 cm³/mol. The highest BCUT2D eigenvalue weighted by Gasteiger charge is 2.14. The molecule has 1 aliphatic heterocycles. The van der Waals surface area contributed by atoms with Crippen LogP contribution in [0.1, 0.15) is 36.9 Å². The molecule has 0 radical (unpaired) electrons. The molecule has 1 aromatic rings. The van der Waals surface area contributed by atoms with Crippen molar-refractivity contribution in [1.82, 2.24) is 10.6 Å². The van der Waals surface area contributed by atoms with E-state index in [1.807, 2.05) is 0 Å². The number of nitrogens with one attached hydrogen (secondary N) is 2. The molecular weight excluding hydrogens is 208 g/mol. The summed E-state index contributed by atoms with van der Waals surface area (Å²) in [5.74, 6) is 0.802. The van der Waals surface area contributed by atoms with Gasteiger partial charge < -0.3 is 10.6 Å². The fourth-order valence-corrected chi connectivity index (χ4v) is 2.41. The van der Waals surface area contributed by atoms with Crippen LogP contribution in [0.5, 0.6) is 0 Å². The van der Waals surface area contributed by atoms with Crippen molar-refractivity contribution in [2.45, 2.75) is 32.7 Å². The second-order valence-electron chi connectivity index (χ2n) is 5.25. The quantitative estimate of drug-likeness (QED) is 0.834. The van der Waals surface area contributed by atoms with Gasteiger partial charge in [-0.05, 0) is 57.8 Å². The first-order valence-corrected chi connectivity index (χ1v) is 6.76. The van der Waals surface area contributed by atoms with E-state index in [1.54, 1.807) is 0 Å². The molecule has 1 aromatic carbocycles. The highest BCUT2D eigenvalue weighted by molar-refractivity contribution is 5.23. The molecule has 2 nitrogen and oxygen atoms in total. The van der Waals surface area contributed by atoms with Crippen LogP contribution in [0.25, 0.3) is 0 Å². The minimum absolute atomic E-state index is 0.456. The van der Waals surface area contributed by atoms with E-state index in [9.17, 15) is 0 Å². The van der Waals surface area contributed by atoms with Crippen LogP contribution >= 0.6 is 0 Å². The van der Waals surface area contributed by atoms with E-state index in [-0.39, 0.29) is 0 Å². The zero-order valence-electron chi connectivity index (χ0n) is 11.0. The molecule has 2 rings (SSSR count). The van der Waals surface area contributed by atoms with Crippen LogP contribution < -0.4 is 10.6 Å². The van der Waals surface area contributed by atoms with Gasteiger partial charge in [0.1, 0.15) is 0 Å². The molecule has 0 spiro atoms. The van der Waals surface area contributed by atoms with Crippen molar-refractivity contribution >= 4 is 0 Å². The summed E-state index contributed by atoms with van der Waals surface area (Å²) in [6.07, 6.45) is 2.69. The molecule has 1 heterocycles. The monoisotopic (exact) mass is 232 g/mol. The first-order chi connectivity index (χ1) is 8.25. The molecule has 1 unspecified atom stereocenters. The molecule has 17 heavy (non-hydrogen) atoms. The molecule has 0 aromatic heterocycles. The van der Waals surface area contributed by atoms with E-state index >= 15 is 0 Å². The standard InChI is InChI=1S/C15H24N2/c1-12-5-7-15(8-6-12)13(2)17-11-14-4-3-9-16-10-14/h5-8,13-14,16-17H,3-4,9-11H2,1-2H3/t13-,14?/m0/s1. The van der Waals surface area contributed by atoms with Gasteiger partial charge in [0.15, 0.2) is 0 Å². The Kier molecular flexibility index (Phi) is 4.57. The van der Waals surface area contributed by atoms with Gasteiger partial charge in [0, 0.05) is 6.04 Å². The normalized spacial score (nSPS) is 22.4. The number of benzene rings is 1. The van der Waals surface area contributed by atoms with E-state index in [0.29, 0.717) is 6.04 Å². The molecule has 1 saturated heterocycles. The van der Waals surface area contributed by atoms with Crippen molar-refractivity contribution in [1.29, 1.82) is 0 Å². The number of hydrogen-bond donors (Lipinski definition) is 2. The summed E-state index contributed by atoms with van der Waals surface area (Å²) >= 11 is 0. The van der Waals surface area contributed by atoms with Crippen molar-refractivity contribution in [3.8, 4) is 0 Å². The Morgan fingerprint density at radius 1 is 1.35 bits per heavy atom. The molecule has 0 saturated carbocycles. The lowest BCUT2D eigenvalue weighted by atomic mass is 9.98. The van der Waals surface area contributed by atoms with Gasteiger partial charge in [-0.1, -0.05) is 29.8 Å². The average Bonchev–Trinajstić information content (AvgIpc) is 2.38. The third kappa shape index (κ3) is 3.83. The third-order valence-corrected chi connectivity index (χ3v) is 3.69. The van der Waals surface area contributed by atoms with Gasteiger partial charge in [0.05, 0.1) is 0 Å². The summed E-state index contributed by atoms with van der Waals surface area (Å²) in [6, 6.07) is 9.29. The van der Waals surface area contributed by atoms with Crippen molar-refractivity contribution in [2.24, 2.45) is 5.92 Å². The van der Waals surface area contributed by atoms with Crippen LogP contribution in [0, 0.1) is 12.8 Å². The van der Waals surface area contributed by atoms with Crippen LogP contribution in [0.3, 0.4) is 0 Å². The van der Waals surface area contributed by atoms with Crippen LogP contribution in [0.2, 0.25) is 0 Å². The summed E-state index contributed by atoms with van der Waals surface area (Å²) in [5.41, 5.74) is 2.72. The third-order valence-electron chi connectivity index (χ3n) is 3.69. The predicted octanol–water partition coefficient (Wildman–Crippen LogP) is 2.65. The molecule has 2 heteroatoms. The van der Waals surface area contributed by atoms with Crippen molar-refractivity contribution in [2.75, 3.05) is 19.6 Å². The SMILES string of the molecule is Cc1ccc([C@H](C)NCC2CCCNC2)cc1. The Morgan fingerprint density at radius 3 is 2.76 bits per heavy atom. The second-order valence-corrected chi connectivity index (χ2v) is 5.25. The zero-order valence-corrected chi connectivity index (χ0v) is 11.0. The molecule has 94 valence electrons. The van der Waals surface area contributed by atoms with Crippen LogP contribution in [0.4, 0.5) is 0 Å². The average molecular weight is 232 g/mol. The summed E-state index contributed by atoms with van der Waals surface area (Å²) in [5, 5.41) is 7.11. The van der Waals surface area contributed by atoms with Gasteiger partial charge in [-0.15, -0.1) is 0 Å². The minimum Gasteiger partial charge on any atom is -0.316 e. The first kappa shape index (κ1) is 12.6. The number of piperidine rings is 1. The summed E-state index contributed by atoms with van der Waals surface area (Å²) in [6.45, 7) is 7.89. The van der Waals surface area contributed by atoms with Gasteiger partial charge in [-0.3, -0.25) is 0 Å². The molecule has 2 N–H and O–H groups in total. The Morgan fingerprint density at radius 2 is 2.12 bits per heavy atom. The van der Waals surface area contributed by atoms with Crippen molar-refractivity contribution < 1.29 is 0 Å². The van der Waals surface area contributed by atoms with E-state index in [2.05, 4.69) is 48.7 Å². The molecular formula is C15H24N2. The Labute approximate surface area is 105 Å². The van der Waals surface area contributed by atoms with Gasteiger partial charge in [-0.25, -0.2) is 0 Å².